The predicted molar refractivity (Wildman–Crippen MR) is 111 cm³/mol. The quantitative estimate of drug-likeness (QED) is 0.667. The standard InChI is InChI=1S/C20H18N2O3S2/c1-21-14-8-7-12(26-2)11-13(14)18(23)17(19(21)24)20(25)22-9-10-27-16-6-4-3-5-15(16)22/h3-8,11,23H,9-10H2,1-2H3. The summed E-state index contributed by atoms with van der Waals surface area (Å²) in [6, 6.07) is 13.1. The van der Waals surface area contributed by atoms with Gasteiger partial charge in [0, 0.05) is 34.5 Å². The number of fused-ring (bicyclic) bond motifs is 2. The molecule has 1 aromatic heterocycles. The lowest BCUT2D eigenvalue weighted by Crippen LogP contribution is -2.39. The summed E-state index contributed by atoms with van der Waals surface area (Å²) >= 11 is 3.22. The Morgan fingerprint density at radius 3 is 2.78 bits per heavy atom. The van der Waals surface area contributed by atoms with E-state index in [0.29, 0.717) is 17.4 Å². The first-order valence-electron chi connectivity index (χ1n) is 8.46. The van der Waals surface area contributed by atoms with Gasteiger partial charge in [-0.25, -0.2) is 0 Å². The number of amides is 1. The van der Waals surface area contributed by atoms with E-state index in [9.17, 15) is 14.7 Å². The van der Waals surface area contributed by atoms with Crippen LogP contribution in [0.25, 0.3) is 10.9 Å². The molecule has 7 heteroatoms. The topological polar surface area (TPSA) is 62.5 Å². The average molecular weight is 399 g/mol. The van der Waals surface area contributed by atoms with Gasteiger partial charge in [0.1, 0.15) is 11.3 Å². The Balaban J connectivity index is 1.92. The van der Waals surface area contributed by atoms with Crippen molar-refractivity contribution in [1.82, 2.24) is 4.57 Å². The number of hydrogen-bond acceptors (Lipinski definition) is 5. The normalized spacial score (nSPS) is 13.6. The van der Waals surface area contributed by atoms with Crippen LogP contribution in [-0.2, 0) is 7.05 Å². The molecule has 2 aromatic carbocycles. The van der Waals surface area contributed by atoms with Crippen LogP contribution in [0.4, 0.5) is 5.69 Å². The molecule has 1 amide bonds. The van der Waals surface area contributed by atoms with Crippen LogP contribution in [0.5, 0.6) is 5.75 Å². The van der Waals surface area contributed by atoms with E-state index in [4.69, 9.17) is 0 Å². The van der Waals surface area contributed by atoms with Crippen LogP contribution in [0.3, 0.4) is 0 Å². The zero-order valence-electron chi connectivity index (χ0n) is 14.9. The summed E-state index contributed by atoms with van der Waals surface area (Å²) in [6.07, 6.45) is 1.94. The first kappa shape index (κ1) is 18.0. The second-order valence-corrected chi connectivity index (χ2v) is 8.26. The van der Waals surface area contributed by atoms with Crippen molar-refractivity contribution in [1.29, 1.82) is 0 Å². The maximum Gasteiger partial charge on any atom is 0.267 e. The van der Waals surface area contributed by atoms with Crippen LogP contribution >= 0.6 is 23.5 Å². The van der Waals surface area contributed by atoms with Crippen LogP contribution in [0.2, 0.25) is 0 Å². The summed E-state index contributed by atoms with van der Waals surface area (Å²) < 4.78 is 1.43. The van der Waals surface area contributed by atoms with E-state index < -0.39 is 11.5 Å². The first-order chi connectivity index (χ1) is 13.0. The first-order valence-corrected chi connectivity index (χ1v) is 10.7. The number of anilines is 1. The van der Waals surface area contributed by atoms with Gasteiger partial charge >= 0.3 is 0 Å². The lowest BCUT2D eigenvalue weighted by molar-refractivity contribution is 0.0983. The van der Waals surface area contributed by atoms with Crippen LogP contribution in [0.1, 0.15) is 10.4 Å². The second-order valence-electron chi connectivity index (χ2n) is 6.24. The number of nitrogens with zero attached hydrogens (tertiary/aromatic N) is 2. The minimum absolute atomic E-state index is 0.176. The van der Waals surface area contributed by atoms with E-state index in [1.54, 1.807) is 29.8 Å². The lowest BCUT2D eigenvalue weighted by Gasteiger charge is -2.29. The maximum atomic E-state index is 13.3. The number of thioether (sulfide) groups is 2. The van der Waals surface area contributed by atoms with E-state index in [-0.39, 0.29) is 11.3 Å². The van der Waals surface area contributed by atoms with Gasteiger partial charge in [-0.2, -0.15) is 0 Å². The SMILES string of the molecule is CSc1ccc2c(c1)c(O)c(C(=O)N1CCSc3ccccc31)c(=O)n2C. The summed E-state index contributed by atoms with van der Waals surface area (Å²) in [7, 11) is 1.62. The third-order valence-electron chi connectivity index (χ3n) is 4.76. The number of carbonyl (C=O) groups excluding carboxylic acids is 1. The van der Waals surface area contributed by atoms with Gasteiger partial charge in [-0.3, -0.25) is 9.59 Å². The summed E-state index contributed by atoms with van der Waals surface area (Å²) in [5, 5.41) is 11.4. The monoisotopic (exact) mass is 398 g/mol. The van der Waals surface area contributed by atoms with Gasteiger partial charge in [-0.05, 0) is 36.6 Å². The average Bonchev–Trinajstić information content (AvgIpc) is 2.71. The molecule has 0 spiro atoms. The molecular formula is C20H18N2O3S2. The van der Waals surface area contributed by atoms with Crippen molar-refractivity contribution >= 4 is 46.0 Å². The molecule has 0 saturated heterocycles. The van der Waals surface area contributed by atoms with E-state index in [0.717, 1.165) is 21.2 Å². The van der Waals surface area contributed by atoms with Crippen molar-refractivity contribution in [3.63, 3.8) is 0 Å². The molecular weight excluding hydrogens is 380 g/mol. The van der Waals surface area contributed by atoms with Crippen molar-refractivity contribution in [2.45, 2.75) is 9.79 Å². The molecule has 4 rings (SSSR count). The van der Waals surface area contributed by atoms with Crippen molar-refractivity contribution in [3.05, 3.63) is 58.4 Å². The number of para-hydroxylation sites is 1. The zero-order chi connectivity index (χ0) is 19.1. The number of aryl methyl sites for hydroxylation is 1. The second kappa shape index (κ2) is 6.98. The predicted octanol–water partition coefficient (Wildman–Crippen LogP) is 3.72. The Bertz CT molecular complexity index is 1120. The number of aromatic hydroxyl groups is 1. The molecule has 0 unspecified atom stereocenters. The third-order valence-corrected chi connectivity index (χ3v) is 6.53. The number of pyridine rings is 1. The van der Waals surface area contributed by atoms with E-state index in [2.05, 4.69) is 0 Å². The number of benzene rings is 2. The van der Waals surface area contributed by atoms with Crippen molar-refractivity contribution < 1.29 is 9.90 Å². The molecule has 0 atom stereocenters. The summed E-state index contributed by atoms with van der Waals surface area (Å²) in [5.41, 5.74) is 0.710. The molecule has 1 N–H and O–H groups in total. The van der Waals surface area contributed by atoms with Gasteiger partial charge in [0.2, 0.25) is 0 Å². The van der Waals surface area contributed by atoms with Gasteiger partial charge < -0.3 is 14.6 Å². The number of hydrogen-bond donors (Lipinski definition) is 1. The fraction of sp³-hybridized carbons (Fsp3) is 0.200. The molecule has 0 aliphatic carbocycles. The molecule has 1 aliphatic rings. The van der Waals surface area contributed by atoms with Gasteiger partial charge in [-0.15, -0.1) is 23.5 Å². The highest BCUT2D eigenvalue weighted by molar-refractivity contribution is 7.99. The summed E-state index contributed by atoms with van der Waals surface area (Å²) in [4.78, 5) is 29.7. The Kier molecular flexibility index (Phi) is 4.65. The Morgan fingerprint density at radius 2 is 2.00 bits per heavy atom. The van der Waals surface area contributed by atoms with E-state index in [1.807, 2.05) is 42.7 Å². The van der Waals surface area contributed by atoms with Crippen LogP contribution < -0.4 is 10.5 Å². The van der Waals surface area contributed by atoms with Crippen molar-refractivity contribution in [2.24, 2.45) is 7.05 Å². The molecule has 1 aliphatic heterocycles. The lowest BCUT2D eigenvalue weighted by atomic mass is 10.1. The Hall–Kier alpha value is -2.38. The van der Waals surface area contributed by atoms with E-state index >= 15 is 0 Å². The highest BCUT2D eigenvalue weighted by Gasteiger charge is 2.29. The fourth-order valence-electron chi connectivity index (χ4n) is 3.35. The van der Waals surface area contributed by atoms with Crippen LogP contribution in [-0.4, -0.2) is 34.1 Å². The molecule has 27 heavy (non-hydrogen) atoms. The van der Waals surface area contributed by atoms with Gasteiger partial charge in [0.25, 0.3) is 11.5 Å². The highest BCUT2D eigenvalue weighted by Crippen LogP contribution is 2.36. The third kappa shape index (κ3) is 2.91. The van der Waals surface area contributed by atoms with Gasteiger partial charge in [0.05, 0.1) is 11.2 Å². The minimum atomic E-state index is -0.488. The Morgan fingerprint density at radius 1 is 1.22 bits per heavy atom. The number of carbonyl (C=O) groups is 1. The molecule has 0 bridgehead atoms. The number of rotatable bonds is 2. The van der Waals surface area contributed by atoms with Crippen molar-refractivity contribution in [2.75, 3.05) is 23.5 Å². The van der Waals surface area contributed by atoms with Crippen LogP contribution in [0, 0.1) is 0 Å². The molecule has 0 saturated carbocycles. The van der Waals surface area contributed by atoms with Gasteiger partial charge in [-0.1, -0.05) is 12.1 Å². The van der Waals surface area contributed by atoms with E-state index in [1.165, 1.54) is 16.3 Å². The zero-order valence-corrected chi connectivity index (χ0v) is 16.6. The number of aromatic nitrogens is 1. The smallest absolute Gasteiger partial charge is 0.267 e. The molecule has 5 nitrogen and oxygen atoms in total. The molecule has 0 radical (unpaired) electrons. The Labute approximate surface area is 165 Å². The minimum Gasteiger partial charge on any atom is -0.506 e. The fourth-order valence-corrected chi connectivity index (χ4v) is 4.78. The maximum absolute atomic E-state index is 13.3. The summed E-state index contributed by atoms with van der Waals surface area (Å²) in [5.74, 6) is 0.0376. The van der Waals surface area contributed by atoms with Crippen LogP contribution in [0.15, 0.2) is 57.1 Å². The molecule has 3 aromatic rings. The largest absolute Gasteiger partial charge is 0.506 e. The molecule has 138 valence electrons. The molecule has 2 heterocycles. The molecule has 0 fully saturated rings. The highest BCUT2D eigenvalue weighted by atomic mass is 32.2. The van der Waals surface area contributed by atoms with Crippen molar-refractivity contribution in [3.8, 4) is 5.75 Å². The summed E-state index contributed by atoms with van der Waals surface area (Å²) in [6.45, 7) is 0.492. The van der Waals surface area contributed by atoms with Gasteiger partial charge in [0.15, 0.2) is 0 Å².